The summed E-state index contributed by atoms with van der Waals surface area (Å²) in [5.74, 6) is 0. The molecule has 3 nitrogen and oxygen atoms in total. The molecule has 0 amide bonds. The number of imidazole rings is 1. The van der Waals surface area contributed by atoms with Gasteiger partial charge in [-0.25, -0.2) is 4.98 Å². The lowest BCUT2D eigenvalue weighted by atomic mass is 10.1. The van der Waals surface area contributed by atoms with Crippen molar-refractivity contribution >= 4 is 11.3 Å². The van der Waals surface area contributed by atoms with Gasteiger partial charge in [-0.3, -0.25) is 0 Å². The summed E-state index contributed by atoms with van der Waals surface area (Å²) in [6.45, 7) is 4.47. The van der Waals surface area contributed by atoms with E-state index in [-0.39, 0.29) is 0 Å². The van der Waals surface area contributed by atoms with Gasteiger partial charge in [0.1, 0.15) is 5.65 Å². The number of anilines is 1. The normalized spacial score (nSPS) is 15.0. The zero-order valence-electron chi connectivity index (χ0n) is 12.3. The van der Waals surface area contributed by atoms with E-state index in [1.54, 1.807) is 0 Å². The standard InChI is InChI=1S/C18H19N3/c1-14-8-11-21-13-17(19-18(21)12-14)15-4-6-16(7-5-15)20-9-2-3-10-20/h4-8,11-13H,2-3,9-10H2,1H3. The molecule has 21 heavy (non-hydrogen) atoms. The molecule has 3 heterocycles. The molecule has 2 aromatic heterocycles. The molecule has 0 spiro atoms. The van der Waals surface area contributed by atoms with Crippen LogP contribution in [0.3, 0.4) is 0 Å². The van der Waals surface area contributed by atoms with Crippen LogP contribution < -0.4 is 4.90 Å². The van der Waals surface area contributed by atoms with Gasteiger partial charge in [-0.05, 0) is 49.6 Å². The lowest BCUT2D eigenvalue weighted by Gasteiger charge is -2.17. The second-order valence-corrected chi connectivity index (χ2v) is 5.84. The molecule has 0 bridgehead atoms. The number of aromatic nitrogens is 2. The number of rotatable bonds is 2. The number of nitrogens with zero attached hydrogens (tertiary/aromatic N) is 3. The number of aryl methyl sites for hydroxylation is 1. The zero-order valence-corrected chi connectivity index (χ0v) is 12.3. The van der Waals surface area contributed by atoms with Crippen molar-refractivity contribution < 1.29 is 0 Å². The van der Waals surface area contributed by atoms with Crippen molar-refractivity contribution in [1.29, 1.82) is 0 Å². The monoisotopic (exact) mass is 277 g/mol. The average Bonchev–Trinajstić information content (AvgIpc) is 3.16. The maximum absolute atomic E-state index is 4.72. The molecule has 0 aliphatic carbocycles. The second kappa shape index (κ2) is 4.92. The summed E-state index contributed by atoms with van der Waals surface area (Å²) in [5.41, 5.74) is 5.79. The third-order valence-electron chi connectivity index (χ3n) is 4.25. The first-order valence-electron chi connectivity index (χ1n) is 7.60. The minimum atomic E-state index is 1.01. The fraction of sp³-hybridized carbons (Fsp3) is 0.278. The van der Waals surface area contributed by atoms with Crippen molar-refractivity contribution in [2.75, 3.05) is 18.0 Å². The smallest absolute Gasteiger partial charge is 0.137 e. The number of hydrogen-bond donors (Lipinski definition) is 0. The first-order valence-corrected chi connectivity index (χ1v) is 7.60. The third-order valence-corrected chi connectivity index (χ3v) is 4.25. The second-order valence-electron chi connectivity index (χ2n) is 5.84. The molecule has 106 valence electrons. The average molecular weight is 277 g/mol. The van der Waals surface area contributed by atoms with E-state index in [1.165, 1.54) is 42.7 Å². The summed E-state index contributed by atoms with van der Waals surface area (Å²) in [6, 6.07) is 13.0. The molecular weight excluding hydrogens is 258 g/mol. The Bertz CT molecular complexity index is 765. The third kappa shape index (κ3) is 2.29. The van der Waals surface area contributed by atoms with E-state index < -0.39 is 0 Å². The fourth-order valence-electron chi connectivity index (χ4n) is 3.04. The number of hydrogen-bond acceptors (Lipinski definition) is 2. The highest BCUT2D eigenvalue weighted by atomic mass is 15.1. The van der Waals surface area contributed by atoms with Crippen LogP contribution in [0.25, 0.3) is 16.9 Å². The Labute approximate surface area is 124 Å². The van der Waals surface area contributed by atoms with Gasteiger partial charge in [-0.2, -0.15) is 0 Å². The summed E-state index contributed by atoms with van der Waals surface area (Å²) in [7, 11) is 0. The first kappa shape index (κ1) is 12.5. The van der Waals surface area contributed by atoms with Crippen LogP contribution in [-0.2, 0) is 0 Å². The Hall–Kier alpha value is -2.29. The quantitative estimate of drug-likeness (QED) is 0.708. The van der Waals surface area contributed by atoms with Crippen molar-refractivity contribution in [3.05, 3.63) is 54.4 Å². The van der Waals surface area contributed by atoms with E-state index in [1.807, 2.05) is 0 Å². The van der Waals surface area contributed by atoms with Gasteiger partial charge in [-0.1, -0.05) is 12.1 Å². The molecule has 1 fully saturated rings. The highest BCUT2D eigenvalue weighted by Crippen LogP contribution is 2.25. The molecule has 0 N–H and O–H groups in total. The molecule has 1 saturated heterocycles. The van der Waals surface area contributed by atoms with Gasteiger partial charge in [0.05, 0.1) is 5.69 Å². The fourth-order valence-corrected chi connectivity index (χ4v) is 3.04. The Morgan fingerprint density at radius 1 is 1.00 bits per heavy atom. The lowest BCUT2D eigenvalue weighted by Crippen LogP contribution is -2.17. The summed E-state index contributed by atoms with van der Waals surface area (Å²) < 4.78 is 2.08. The topological polar surface area (TPSA) is 20.5 Å². The van der Waals surface area contributed by atoms with Crippen LogP contribution in [0.2, 0.25) is 0 Å². The van der Waals surface area contributed by atoms with Crippen molar-refractivity contribution in [3.63, 3.8) is 0 Å². The molecule has 0 saturated carbocycles. The van der Waals surface area contributed by atoms with Crippen LogP contribution >= 0.6 is 0 Å². The van der Waals surface area contributed by atoms with E-state index >= 15 is 0 Å². The minimum absolute atomic E-state index is 1.01. The molecule has 4 rings (SSSR count). The van der Waals surface area contributed by atoms with Gasteiger partial charge in [0.25, 0.3) is 0 Å². The number of pyridine rings is 1. The van der Waals surface area contributed by atoms with Gasteiger partial charge in [0, 0.05) is 36.7 Å². The predicted octanol–water partition coefficient (Wildman–Crippen LogP) is 3.91. The van der Waals surface area contributed by atoms with Gasteiger partial charge < -0.3 is 9.30 Å². The van der Waals surface area contributed by atoms with Crippen LogP contribution in [0.15, 0.2) is 48.8 Å². The van der Waals surface area contributed by atoms with Crippen LogP contribution in [0, 0.1) is 6.92 Å². The van der Waals surface area contributed by atoms with E-state index in [0.717, 1.165) is 11.3 Å². The highest BCUT2D eigenvalue weighted by Gasteiger charge is 2.12. The van der Waals surface area contributed by atoms with Crippen LogP contribution in [-0.4, -0.2) is 22.5 Å². The van der Waals surface area contributed by atoms with Crippen molar-refractivity contribution in [2.45, 2.75) is 19.8 Å². The zero-order chi connectivity index (χ0) is 14.2. The molecule has 1 aliphatic heterocycles. The van der Waals surface area contributed by atoms with Crippen LogP contribution in [0.4, 0.5) is 5.69 Å². The molecule has 0 radical (unpaired) electrons. The lowest BCUT2D eigenvalue weighted by molar-refractivity contribution is 0.949. The number of fused-ring (bicyclic) bond motifs is 1. The van der Waals surface area contributed by atoms with Crippen molar-refractivity contribution in [2.24, 2.45) is 0 Å². The van der Waals surface area contributed by atoms with Crippen LogP contribution in [0.1, 0.15) is 18.4 Å². The molecule has 0 atom stereocenters. The predicted molar refractivity (Wildman–Crippen MR) is 86.8 cm³/mol. The molecular formula is C18H19N3. The Morgan fingerprint density at radius 2 is 1.76 bits per heavy atom. The first-order chi connectivity index (χ1) is 10.3. The molecule has 1 aromatic carbocycles. The van der Waals surface area contributed by atoms with E-state index in [9.17, 15) is 0 Å². The van der Waals surface area contributed by atoms with E-state index in [4.69, 9.17) is 4.98 Å². The van der Waals surface area contributed by atoms with Crippen molar-refractivity contribution in [1.82, 2.24) is 9.38 Å². The van der Waals surface area contributed by atoms with Gasteiger partial charge in [-0.15, -0.1) is 0 Å². The largest absolute Gasteiger partial charge is 0.372 e. The summed E-state index contributed by atoms with van der Waals surface area (Å²) in [6.07, 6.45) is 6.79. The Morgan fingerprint density at radius 3 is 2.52 bits per heavy atom. The van der Waals surface area contributed by atoms with Gasteiger partial charge in [0.15, 0.2) is 0 Å². The van der Waals surface area contributed by atoms with Crippen molar-refractivity contribution in [3.8, 4) is 11.3 Å². The van der Waals surface area contributed by atoms with E-state index in [0.29, 0.717) is 0 Å². The number of benzene rings is 1. The summed E-state index contributed by atoms with van der Waals surface area (Å²) in [4.78, 5) is 7.18. The van der Waals surface area contributed by atoms with Gasteiger partial charge >= 0.3 is 0 Å². The molecule has 1 aliphatic rings. The maximum Gasteiger partial charge on any atom is 0.137 e. The van der Waals surface area contributed by atoms with Crippen LogP contribution in [0.5, 0.6) is 0 Å². The molecule has 3 aromatic rings. The Balaban J connectivity index is 1.67. The summed E-state index contributed by atoms with van der Waals surface area (Å²) in [5, 5.41) is 0. The van der Waals surface area contributed by atoms with E-state index in [2.05, 4.69) is 65.0 Å². The van der Waals surface area contributed by atoms with Gasteiger partial charge in [0.2, 0.25) is 0 Å². The molecule has 3 heteroatoms. The minimum Gasteiger partial charge on any atom is -0.372 e. The SMILES string of the molecule is Cc1ccn2cc(-c3ccc(N4CCCC4)cc3)nc2c1. The molecule has 0 unspecified atom stereocenters. The maximum atomic E-state index is 4.72. The Kier molecular flexibility index (Phi) is 2.92. The highest BCUT2D eigenvalue weighted by molar-refractivity contribution is 5.65. The summed E-state index contributed by atoms with van der Waals surface area (Å²) >= 11 is 0.